The summed E-state index contributed by atoms with van der Waals surface area (Å²) in [5, 5.41) is 0.506. The van der Waals surface area contributed by atoms with Crippen LogP contribution in [0.1, 0.15) is 43.1 Å². The molecule has 0 fully saturated rings. The Balaban J connectivity index is 1.77. The summed E-state index contributed by atoms with van der Waals surface area (Å²) >= 11 is 0. The molecule has 1 N–H and O–H groups in total. The van der Waals surface area contributed by atoms with E-state index in [4.69, 9.17) is 4.74 Å². The van der Waals surface area contributed by atoms with E-state index in [0.29, 0.717) is 22.3 Å². The molecule has 1 atom stereocenters. The largest absolute Gasteiger partial charge is 0.451 e. The highest BCUT2D eigenvalue weighted by Gasteiger charge is 2.17. The number of para-hydroxylation sites is 1. The van der Waals surface area contributed by atoms with Gasteiger partial charge in [0.05, 0.1) is 16.5 Å². The molecule has 3 rings (SSSR count). The standard InChI is InChI=1S/C21H23N3O3/c1-4-24(5-2)16-12-10-15(11-13-16)21(26)27-14(3)19-22-18-9-7-6-8-17(18)20(25)23-19/h6-14H,4-5H2,1-3H3,(H,22,23,25)/t14-/m0/s1. The van der Waals surface area contributed by atoms with Gasteiger partial charge in [0, 0.05) is 18.8 Å². The summed E-state index contributed by atoms with van der Waals surface area (Å²) in [6, 6.07) is 14.4. The number of nitrogens with zero attached hydrogens (tertiary/aromatic N) is 2. The van der Waals surface area contributed by atoms with Gasteiger partial charge in [-0.2, -0.15) is 0 Å². The van der Waals surface area contributed by atoms with Crippen LogP contribution in [0.3, 0.4) is 0 Å². The highest BCUT2D eigenvalue weighted by Crippen LogP contribution is 2.19. The minimum Gasteiger partial charge on any atom is -0.451 e. The molecule has 0 aliphatic rings. The molecule has 0 unspecified atom stereocenters. The third kappa shape index (κ3) is 4.00. The van der Waals surface area contributed by atoms with Crippen LogP contribution in [0, 0.1) is 0 Å². The maximum Gasteiger partial charge on any atom is 0.338 e. The fraction of sp³-hybridized carbons (Fsp3) is 0.286. The number of carbonyl (C=O) groups is 1. The number of esters is 1. The first-order valence-corrected chi connectivity index (χ1v) is 9.08. The van der Waals surface area contributed by atoms with Gasteiger partial charge in [0.25, 0.3) is 5.56 Å². The van der Waals surface area contributed by atoms with Gasteiger partial charge in [0.2, 0.25) is 0 Å². The van der Waals surface area contributed by atoms with Gasteiger partial charge in [-0.15, -0.1) is 0 Å². The molecule has 3 aromatic rings. The lowest BCUT2D eigenvalue weighted by molar-refractivity contribution is 0.0320. The molecule has 140 valence electrons. The van der Waals surface area contributed by atoms with Crippen molar-refractivity contribution < 1.29 is 9.53 Å². The lowest BCUT2D eigenvalue weighted by Crippen LogP contribution is -2.21. The molecule has 0 spiro atoms. The van der Waals surface area contributed by atoms with Crippen LogP contribution in [0.4, 0.5) is 5.69 Å². The quantitative estimate of drug-likeness (QED) is 0.674. The van der Waals surface area contributed by atoms with E-state index in [0.717, 1.165) is 18.8 Å². The molecule has 0 aliphatic carbocycles. The first-order chi connectivity index (χ1) is 13.0. The molecule has 2 aromatic carbocycles. The van der Waals surface area contributed by atoms with Crippen LogP contribution in [0.25, 0.3) is 10.9 Å². The molecule has 1 heterocycles. The normalized spacial score (nSPS) is 12.0. The molecule has 6 heteroatoms. The predicted molar refractivity (Wildman–Crippen MR) is 106 cm³/mol. The van der Waals surface area contributed by atoms with Crippen molar-refractivity contribution in [1.82, 2.24) is 9.97 Å². The van der Waals surface area contributed by atoms with Crippen molar-refractivity contribution in [3.05, 3.63) is 70.3 Å². The van der Waals surface area contributed by atoms with Gasteiger partial charge in [-0.25, -0.2) is 9.78 Å². The molecular weight excluding hydrogens is 342 g/mol. The number of ether oxygens (including phenoxy) is 1. The summed E-state index contributed by atoms with van der Waals surface area (Å²) in [6.45, 7) is 7.67. The third-order valence-corrected chi connectivity index (χ3v) is 4.53. The number of aromatic nitrogens is 2. The smallest absolute Gasteiger partial charge is 0.338 e. The number of fused-ring (bicyclic) bond motifs is 1. The number of H-pyrrole nitrogens is 1. The number of aromatic amines is 1. The van der Waals surface area contributed by atoms with Crippen molar-refractivity contribution in [3.8, 4) is 0 Å². The number of nitrogens with one attached hydrogen (secondary N) is 1. The number of carbonyl (C=O) groups excluding carboxylic acids is 1. The van der Waals surface area contributed by atoms with Crippen LogP contribution < -0.4 is 10.5 Å². The van der Waals surface area contributed by atoms with E-state index in [9.17, 15) is 9.59 Å². The van der Waals surface area contributed by atoms with Crippen LogP contribution in [0.15, 0.2) is 53.3 Å². The number of anilines is 1. The topological polar surface area (TPSA) is 75.3 Å². The van der Waals surface area contributed by atoms with Gasteiger partial charge >= 0.3 is 5.97 Å². The van der Waals surface area contributed by atoms with Gasteiger partial charge in [0.1, 0.15) is 0 Å². The van der Waals surface area contributed by atoms with Gasteiger partial charge < -0.3 is 14.6 Å². The SMILES string of the molecule is CCN(CC)c1ccc(C(=O)O[C@@H](C)c2nc3ccccc3c(=O)[nH]2)cc1. The molecule has 27 heavy (non-hydrogen) atoms. The Labute approximate surface area is 157 Å². The van der Waals surface area contributed by atoms with E-state index >= 15 is 0 Å². The summed E-state index contributed by atoms with van der Waals surface area (Å²) < 4.78 is 5.49. The maximum atomic E-state index is 12.4. The van der Waals surface area contributed by atoms with Crippen LogP contribution in [-0.4, -0.2) is 29.0 Å². The van der Waals surface area contributed by atoms with Crippen molar-refractivity contribution in [2.75, 3.05) is 18.0 Å². The Hall–Kier alpha value is -3.15. The highest BCUT2D eigenvalue weighted by atomic mass is 16.5. The van der Waals surface area contributed by atoms with Crippen molar-refractivity contribution >= 4 is 22.6 Å². The van der Waals surface area contributed by atoms with Crippen LogP contribution in [0.5, 0.6) is 0 Å². The predicted octanol–water partition coefficient (Wildman–Crippen LogP) is 3.69. The summed E-state index contributed by atoms with van der Waals surface area (Å²) in [4.78, 5) is 33.9. The second-order valence-corrected chi connectivity index (χ2v) is 6.24. The summed E-state index contributed by atoms with van der Waals surface area (Å²) in [7, 11) is 0. The van der Waals surface area contributed by atoms with Crippen molar-refractivity contribution in [3.63, 3.8) is 0 Å². The molecule has 0 bridgehead atoms. The van der Waals surface area contributed by atoms with E-state index in [-0.39, 0.29) is 5.56 Å². The van der Waals surface area contributed by atoms with Crippen LogP contribution in [-0.2, 0) is 4.74 Å². The van der Waals surface area contributed by atoms with Crippen molar-refractivity contribution in [1.29, 1.82) is 0 Å². The fourth-order valence-corrected chi connectivity index (χ4v) is 2.98. The lowest BCUT2D eigenvalue weighted by Gasteiger charge is -2.21. The van der Waals surface area contributed by atoms with Gasteiger partial charge in [-0.05, 0) is 57.2 Å². The number of benzene rings is 2. The van der Waals surface area contributed by atoms with E-state index in [2.05, 4.69) is 28.7 Å². The van der Waals surface area contributed by atoms with E-state index in [1.54, 1.807) is 37.3 Å². The molecule has 6 nitrogen and oxygen atoms in total. The molecule has 0 saturated carbocycles. The van der Waals surface area contributed by atoms with Gasteiger partial charge in [-0.1, -0.05) is 12.1 Å². The Bertz CT molecular complexity index is 991. The lowest BCUT2D eigenvalue weighted by atomic mass is 10.2. The second kappa shape index (κ2) is 8.03. The van der Waals surface area contributed by atoms with Crippen molar-refractivity contribution in [2.45, 2.75) is 26.9 Å². The number of rotatable bonds is 6. The fourth-order valence-electron chi connectivity index (χ4n) is 2.98. The van der Waals surface area contributed by atoms with Gasteiger partial charge in [-0.3, -0.25) is 4.79 Å². The van der Waals surface area contributed by atoms with E-state index < -0.39 is 12.1 Å². The minimum absolute atomic E-state index is 0.248. The third-order valence-electron chi connectivity index (χ3n) is 4.53. The van der Waals surface area contributed by atoms with Crippen LogP contribution in [0.2, 0.25) is 0 Å². The zero-order chi connectivity index (χ0) is 19.4. The Morgan fingerprint density at radius 3 is 2.44 bits per heavy atom. The van der Waals surface area contributed by atoms with Gasteiger partial charge in [0.15, 0.2) is 11.9 Å². The summed E-state index contributed by atoms with van der Waals surface area (Å²) in [6.07, 6.45) is -0.669. The zero-order valence-electron chi connectivity index (χ0n) is 15.7. The molecule has 1 aromatic heterocycles. The Morgan fingerprint density at radius 2 is 1.78 bits per heavy atom. The minimum atomic E-state index is -0.669. The molecule has 0 aliphatic heterocycles. The molecular formula is C21H23N3O3. The average Bonchev–Trinajstić information content (AvgIpc) is 2.69. The molecule has 0 saturated heterocycles. The summed E-state index contributed by atoms with van der Waals surface area (Å²) in [5.41, 5.74) is 1.84. The molecule has 0 radical (unpaired) electrons. The van der Waals surface area contributed by atoms with Crippen molar-refractivity contribution in [2.24, 2.45) is 0 Å². The monoisotopic (exact) mass is 365 g/mol. The number of hydrogen-bond acceptors (Lipinski definition) is 5. The second-order valence-electron chi connectivity index (χ2n) is 6.24. The first-order valence-electron chi connectivity index (χ1n) is 9.08. The Kier molecular flexibility index (Phi) is 5.54. The van der Waals surface area contributed by atoms with E-state index in [1.807, 2.05) is 18.2 Å². The van der Waals surface area contributed by atoms with E-state index in [1.165, 1.54) is 0 Å². The highest BCUT2D eigenvalue weighted by molar-refractivity contribution is 5.90. The maximum absolute atomic E-state index is 12.4. The summed E-state index contributed by atoms with van der Waals surface area (Å²) in [5.74, 6) is -0.129. The molecule has 0 amide bonds. The average molecular weight is 365 g/mol. The number of hydrogen-bond donors (Lipinski definition) is 1. The first kappa shape index (κ1) is 18.6. The zero-order valence-corrected chi connectivity index (χ0v) is 15.7. The van der Waals surface area contributed by atoms with Crippen LogP contribution >= 0.6 is 0 Å². The Morgan fingerprint density at radius 1 is 1.11 bits per heavy atom.